The van der Waals surface area contributed by atoms with E-state index in [2.05, 4.69) is 21.3 Å². The highest BCUT2D eigenvalue weighted by molar-refractivity contribution is 5.79. The molecule has 0 radical (unpaired) electrons. The fourth-order valence-electron chi connectivity index (χ4n) is 2.55. The summed E-state index contributed by atoms with van der Waals surface area (Å²) in [6, 6.07) is 6.01. The Labute approximate surface area is 121 Å². The Balaban J connectivity index is 1.79. The normalized spacial score (nSPS) is 17.9. The molecule has 4 nitrogen and oxygen atoms in total. The molecule has 4 heteroatoms. The van der Waals surface area contributed by atoms with E-state index in [1.165, 1.54) is 0 Å². The van der Waals surface area contributed by atoms with E-state index in [0.29, 0.717) is 0 Å². The van der Waals surface area contributed by atoms with Crippen LogP contribution >= 0.6 is 0 Å². The van der Waals surface area contributed by atoms with Crippen LogP contribution in [0.1, 0.15) is 39.3 Å². The maximum Gasteiger partial charge on any atom is 0.223 e. The number of piperidine rings is 1. The summed E-state index contributed by atoms with van der Waals surface area (Å²) in [5.41, 5.74) is 0.965. The summed E-state index contributed by atoms with van der Waals surface area (Å²) in [5, 5.41) is 3.08. The van der Waals surface area contributed by atoms with Gasteiger partial charge in [0.2, 0.25) is 5.91 Å². The number of nitrogens with zero attached hydrogens (tertiary/aromatic N) is 2. The average Bonchev–Trinajstić information content (AvgIpc) is 2.39. The van der Waals surface area contributed by atoms with E-state index in [-0.39, 0.29) is 17.4 Å². The quantitative estimate of drug-likeness (QED) is 0.920. The van der Waals surface area contributed by atoms with Crippen LogP contribution in [-0.4, -0.2) is 34.4 Å². The molecule has 0 unspecified atom stereocenters. The largest absolute Gasteiger partial charge is 0.351 e. The van der Waals surface area contributed by atoms with Crippen molar-refractivity contribution in [3.05, 3.63) is 30.1 Å². The first-order valence-corrected chi connectivity index (χ1v) is 7.38. The van der Waals surface area contributed by atoms with Crippen molar-refractivity contribution >= 4 is 5.91 Å². The summed E-state index contributed by atoms with van der Waals surface area (Å²) in [6.45, 7) is 8.91. The zero-order chi connectivity index (χ0) is 14.6. The van der Waals surface area contributed by atoms with Crippen LogP contribution < -0.4 is 5.32 Å². The first kappa shape index (κ1) is 15.0. The minimum atomic E-state index is -0.137. The molecule has 1 aromatic rings. The van der Waals surface area contributed by atoms with E-state index in [4.69, 9.17) is 0 Å². The Kier molecular flexibility index (Phi) is 4.76. The van der Waals surface area contributed by atoms with Crippen LogP contribution in [0.5, 0.6) is 0 Å². The van der Waals surface area contributed by atoms with Crippen molar-refractivity contribution in [2.24, 2.45) is 5.92 Å². The van der Waals surface area contributed by atoms with Crippen molar-refractivity contribution in [3.63, 3.8) is 0 Å². The van der Waals surface area contributed by atoms with Gasteiger partial charge in [0, 0.05) is 24.2 Å². The van der Waals surface area contributed by atoms with Crippen molar-refractivity contribution in [3.8, 4) is 0 Å². The number of hydrogen-bond donors (Lipinski definition) is 1. The molecule has 0 atom stereocenters. The molecule has 110 valence electrons. The number of rotatable bonds is 3. The van der Waals surface area contributed by atoms with Crippen LogP contribution in [0.4, 0.5) is 0 Å². The molecule has 0 aromatic carbocycles. The number of amides is 1. The SMILES string of the molecule is CC(C)(C)NC(=O)C1CCN(Cc2ccccn2)CC1. The molecule has 1 aromatic heterocycles. The number of aromatic nitrogens is 1. The number of pyridine rings is 1. The Morgan fingerprint density at radius 1 is 1.35 bits per heavy atom. The zero-order valence-electron chi connectivity index (χ0n) is 12.7. The van der Waals surface area contributed by atoms with Gasteiger partial charge in [-0.3, -0.25) is 14.7 Å². The molecule has 0 saturated carbocycles. The van der Waals surface area contributed by atoms with E-state index in [1.807, 2.05) is 39.1 Å². The second kappa shape index (κ2) is 6.35. The summed E-state index contributed by atoms with van der Waals surface area (Å²) in [7, 11) is 0. The standard InChI is InChI=1S/C16H25N3O/c1-16(2,3)18-15(20)13-7-10-19(11-8-13)12-14-6-4-5-9-17-14/h4-6,9,13H,7-8,10-12H2,1-3H3,(H,18,20). The maximum atomic E-state index is 12.1. The average molecular weight is 275 g/mol. The predicted octanol–water partition coefficient (Wildman–Crippen LogP) is 2.21. The summed E-state index contributed by atoms with van der Waals surface area (Å²) < 4.78 is 0. The van der Waals surface area contributed by atoms with Gasteiger partial charge < -0.3 is 5.32 Å². The molecule has 0 spiro atoms. The molecule has 1 aliphatic heterocycles. The van der Waals surface area contributed by atoms with Gasteiger partial charge in [-0.25, -0.2) is 0 Å². The highest BCUT2D eigenvalue weighted by Gasteiger charge is 2.27. The van der Waals surface area contributed by atoms with Crippen molar-refractivity contribution < 1.29 is 4.79 Å². The first-order valence-electron chi connectivity index (χ1n) is 7.38. The molecule has 2 heterocycles. The minimum absolute atomic E-state index is 0.137. The van der Waals surface area contributed by atoms with Crippen LogP contribution in [0.25, 0.3) is 0 Å². The van der Waals surface area contributed by atoms with Crippen LogP contribution in [0.2, 0.25) is 0 Å². The molecule has 0 aliphatic carbocycles. The topological polar surface area (TPSA) is 45.2 Å². The van der Waals surface area contributed by atoms with Crippen molar-refractivity contribution in [2.75, 3.05) is 13.1 Å². The van der Waals surface area contributed by atoms with Gasteiger partial charge in [-0.15, -0.1) is 0 Å². The second-order valence-electron chi connectivity index (χ2n) is 6.61. The molecule has 0 bridgehead atoms. The Morgan fingerprint density at radius 3 is 2.60 bits per heavy atom. The molecule has 2 rings (SSSR count). The van der Waals surface area contributed by atoms with Gasteiger partial charge in [0.15, 0.2) is 0 Å². The van der Waals surface area contributed by atoms with Crippen LogP contribution in [0, 0.1) is 5.92 Å². The van der Waals surface area contributed by atoms with E-state index >= 15 is 0 Å². The van der Waals surface area contributed by atoms with E-state index in [9.17, 15) is 4.79 Å². The van der Waals surface area contributed by atoms with E-state index < -0.39 is 0 Å². The third-order valence-electron chi connectivity index (χ3n) is 3.57. The molecule has 1 amide bonds. The Bertz CT molecular complexity index is 431. The molecule has 1 aliphatic rings. The lowest BCUT2D eigenvalue weighted by atomic mass is 9.94. The highest BCUT2D eigenvalue weighted by atomic mass is 16.2. The number of hydrogen-bond acceptors (Lipinski definition) is 3. The fourth-order valence-corrected chi connectivity index (χ4v) is 2.55. The van der Waals surface area contributed by atoms with Crippen molar-refractivity contribution in [2.45, 2.75) is 45.7 Å². The van der Waals surface area contributed by atoms with Crippen LogP contribution in [0.3, 0.4) is 0 Å². The van der Waals surface area contributed by atoms with Gasteiger partial charge in [-0.2, -0.15) is 0 Å². The molecular formula is C16H25N3O. The van der Waals surface area contributed by atoms with E-state index in [0.717, 1.165) is 38.2 Å². The van der Waals surface area contributed by atoms with E-state index in [1.54, 1.807) is 0 Å². The smallest absolute Gasteiger partial charge is 0.223 e. The lowest BCUT2D eigenvalue weighted by molar-refractivity contribution is -0.127. The van der Waals surface area contributed by atoms with Crippen molar-refractivity contribution in [1.82, 2.24) is 15.2 Å². The third-order valence-corrected chi connectivity index (χ3v) is 3.57. The summed E-state index contributed by atoms with van der Waals surface area (Å²) in [4.78, 5) is 18.9. The summed E-state index contributed by atoms with van der Waals surface area (Å²) >= 11 is 0. The zero-order valence-corrected chi connectivity index (χ0v) is 12.7. The van der Waals surface area contributed by atoms with Gasteiger partial charge in [-0.1, -0.05) is 6.07 Å². The van der Waals surface area contributed by atoms with Gasteiger partial charge >= 0.3 is 0 Å². The second-order valence-corrected chi connectivity index (χ2v) is 6.61. The summed E-state index contributed by atoms with van der Waals surface area (Å²) in [6.07, 6.45) is 3.71. The first-order chi connectivity index (χ1) is 9.44. The molecule has 20 heavy (non-hydrogen) atoms. The van der Waals surface area contributed by atoms with Gasteiger partial charge in [0.25, 0.3) is 0 Å². The number of carbonyl (C=O) groups is 1. The molecule has 1 N–H and O–H groups in total. The van der Waals surface area contributed by atoms with Crippen LogP contribution in [-0.2, 0) is 11.3 Å². The van der Waals surface area contributed by atoms with Gasteiger partial charge in [0.05, 0.1) is 5.69 Å². The number of likely N-dealkylation sites (tertiary alicyclic amines) is 1. The summed E-state index contributed by atoms with van der Waals surface area (Å²) in [5.74, 6) is 0.365. The lowest BCUT2D eigenvalue weighted by Crippen LogP contribution is -2.46. The minimum Gasteiger partial charge on any atom is -0.351 e. The fraction of sp³-hybridized carbons (Fsp3) is 0.625. The predicted molar refractivity (Wildman–Crippen MR) is 80.1 cm³/mol. The highest BCUT2D eigenvalue weighted by Crippen LogP contribution is 2.19. The molecular weight excluding hydrogens is 250 g/mol. The number of nitrogens with one attached hydrogen (secondary N) is 1. The maximum absolute atomic E-state index is 12.1. The monoisotopic (exact) mass is 275 g/mol. The van der Waals surface area contributed by atoms with Gasteiger partial charge in [-0.05, 0) is 58.8 Å². The molecule has 1 saturated heterocycles. The Morgan fingerprint density at radius 2 is 2.05 bits per heavy atom. The molecule has 1 fully saturated rings. The lowest BCUT2D eigenvalue weighted by Gasteiger charge is -2.32. The van der Waals surface area contributed by atoms with Gasteiger partial charge in [0.1, 0.15) is 0 Å². The van der Waals surface area contributed by atoms with Crippen molar-refractivity contribution in [1.29, 1.82) is 0 Å². The van der Waals surface area contributed by atoms with Crippen LogP contribution in [0.15, 0.2) is 24.4 Å². The number of carbonyl (C=O) groups excluding carboxylic acids is 1. The Hall–Kier alpha value is -1.42. The third kappa shape index (κ3) is 4.60.